The van der Waals surface area contributed by atoms with Gasteiger partial charge in [-0.15, -0.1) is 0 Å². The number of unbranched alkanes of at least 4 members (excludes halogenated alkanes) is 2. The highest BCUT2D eigenvalue weighted by Gasteiger charge is 2.97. The molecule has 0 N–H and O–H groups in total. The summed E-state index contributed by atoms with van der Waals surface area (Å²) in [5, 5.41) is 0. The quantitative estimate of drug-likeness (QED) is 0.0994. The Morgan fingerprint density at radius 1 is 0.418 bits per heavy atom. The minimum atomic E-state index is -9.27. The molecule has 55 heavy (non-hydrogen) atoms. The van der Waals surface area contributed by atoms with Gasteiger partial charge in [0.2, 0.25) is 0 Å². The van der Waals surface area contributed by atoms with E-state index >= 15 is 8.78 Å². The number of alkyl halides is 19. The molecule has 0 heterocycles. The van der Waals surface area contributed by atoms with Gasteiger partial charge in [-0.2, -0.15) is 83.4 Å². The summed E-state index contributed by atoms with van der Waals surface area (Å²) in [7, 11) is 0. The molecule has 2 saturated carbocycles. The second-order valence-electron chi connectivity index (χ2n) is 14.0. The van der Waals surface area contributed by atoms with Gasteiger partial charge in [0.1, 0.15) is 5.56 Å². The molecule has 0 unspecified atom stereocenters. The van der Waals surface area contributed by atoms with Crippen molar-refractivity contribution in [2.24, 2.45) is 17.8 Å². The van der Waals surface area contributed by atoms with Crippen LogP contribution in [-0.2, 0) is 5.92 Å². The average molecular weight is 853 g/mol. The average Bonchev–Trinajstić information content (AvgIpc) is 3.07. The first-order valence-electron chi connectivity index (χ1n) is 16.6. The first kappa shape index (κ1) is 47.0. The van der Waals surface area contributed by atoms with E-state index < -0.39 is 93.9 Å². The largest absolute Gasteiger partial charge is 0.460 e. The van der Waals surface area contributed by atoms with Gasteiger partial charge < -0.3 is 0 Å². The Morgan fingerprint density at radius 3 is 1.13 bits per heavy atom. The summed E-state index contributed by atoms with van der Waals surface area (Å²) in [6.45, 7) is 2.03. The highest BCUT2D eigenvalue weighted by atomic mass is 19.4. The van der Waals surface area contributed by atoms with Crippen molar-refractivity contribution in [3.63, 3.8) is 0 Å². The Balaban J connectivity index is 1.96. The molecule has 0 radical (unpaired) electrons. The van der Waals surface area contributed by atoms with Gasteiger partial charge in [-0.25, -0.2) is 17.6 Å². The molecule has 0 saturated heterocycles. The van der Waals surface area contributed by atoms with Gasteiger partial charge in [0, 0.05) is 5.56 Å². The van der Waals surface area contributed by atoms with Crippen LogP contribution in [0.4, 0.5) is 101 Å². The Bertz CT molecular complexity index is 1460. The number of halogens is 23. The van der Waals surface area contributed by atoms with Crippen molar-refractivity contribution in [2.75, 3.05) is 0 Å². The lowest BCUT2D eigenvalue weighted by Crippen LogP contribution is -2.75. The molecular weight excluding hydrogens is 821 g/mol. The molecule has 23 heteroatoms. The second-order valence-corrected chi connectivity index (χ2v) is 14.0. The first-order chi connectivity index (χ1) is 24.6. The maximum atomic E-state index is 15.1. The minimum absolute atomic E-state index is 0.0926. The molecule has 0 atom stereocenters. The Labute approximate surface area is 297 Å². The Morgan fingerprint density at radius 2 is 0.764 bits per heavy atom. The van der Waals surface area contributed by atoms with Crippen LogP contribution in [0.5, 0.6) is 0 Å². The van der Waals surface area contributed by atoms with E-state index in [1.54, 1.807) is 0 Å². The van der Waals surface area contributed by atoms with Crippen LogP contribution in [0.15, 0.2) is 0 Å². The molecule has 2 aliphatic rings. The highest BCUT2D eigenvalue weighted by Crippen LogP contribution is 2.66. The van der Waals surface area contributed by atoms with Gasteiger partial charge in [-0.05, 0) is 62.2 Å². The van der Waals surface area contributed by atoms with Crippen molar-refractivity contribution < 1.29 is 101 Å². The van der Waals surface area contributed by atoms with E-state index in [9.17, 15) is 92.2 Å². The van der Waals surface area contributed by atoms with Crippen LogP contribution in [0, 0.1) is 41.0 Å². The molecule has 3 rings (SSSR count). The molecule has 0 bridgehead atoms. The summed E-state index contributed by atoms with van der Waals surface area (Å²) in [6, 6.07) is 0. The van der Waals surface area contributed by atoms with E-state index in [0.717, 1.165) is 51.4 Å². The van der Waals surface area contributed by atoms with Crippen molar-refractivity contribution in [1.29, 1.82) is 0 Å². The van der Waals surface area contributed by atoms with E-state index in [0.29, 0.717) is 5.92 Å². The topological polar surface area (TPSA) is 0 Å². The maximum absolute atomic E-state index is 15.1. The third kappa shape index (κ3) is 7.22. The third-order valence-corrected chi connectivity index (χ3v) is 10.7. The Kier molecular flexibility index (Phi) is 12.9. The van der Waals surface area contributed by atoms with Crippen molar-refractivity contribution in [1.82, 2.24) is 0 Å². The zero-order valence-electron chi connectivity index (χ0n) is 28.0. The predicted molar refractivity (Wildman–Crippen MR) is 145 cm³/mol. The van der Waals surface area contributed by atoms with Crippen LogP contribution in [-0.4, -0.2) is 47.6 Å². The fourth-order valence-electron chi connectivity index (χ4n) is 7.31. The number of rotatable bonds is 14. The fraction of sp³-hybridized carbons (Fsp3) is 0.812. The van der Waals surface area contributed by atoms with E-state index in [1.807, 2.05) is 6.92 Å². The van der Waals surface area contributed by atoms with Crippen molar-refractivity contribution in [2.45, 2.75) is 143 Å². The molecule has 320 valence electrons. The lowest BCUT2D eigenvalue weighted by Gasteiger charge is -2.43. The lowest BCUT2D eigenvalue weighted by molar-refractivity contribution is -0.469. The maximum Gasteiger partial charge on any atom is 0.460 e. The van der Waals surface area contributed by atoms with Crippen LogP contribution in [0.1, 0.15) is 101 Å². The zero-order chi connectivity index (χ0) is 42.8. The summed E-state index contributed by atoms with van der Waals surface area (Å²) in [4.78, 5) is 0. The SMILES string of the molecule is CCCCCC1CCC(C2CCC(c3c(F)c(F)c(C(F)(F)C(F)(F)C(F)(F)C(F)(F)C(F)(F)C(F)(F)C(F)(F)C(F)(F)C(F)(F)F)c(F)c3F)CC2)CC1. The van der Waals surface area contributed by atoms with Crippen LogP contribution >= 0.6 is 0 Å². The summed E-state index contributed by atoms with van der Waals surface area (Å²) >= 11 is 0. The molecule has 0 spiro atoms. The summed E-state index contributed by atoms with van der Waals surface area (Å²) in [6.07, 6.45) is -1.03. The van der Waals surface area contributed by atoms with Gasteiger partial charge in [0.15, 0.2) is 23.3 Å². The molecule has 2 fully saturated rings. The van der Waals surface area contributed by atoms with Gasteiger partial charge in [0.05, 0.1) is 0 Å². The summed E-state index contributed by atoms with van der Waals surface area (Å²) in [5.74, 6) is -85.3. The lowest BCUT2D eigenvalue weighted by atomic mass is 9.67. The molecular formula is C32H31F23. The van der Waals surface area contributed by atoms with Gasteiger partial charge in [0.25, 0.3) is 0 Å². The van der Waals surface area contributed by atoms with E-state index in [4.69, 9.17) is 0 Å². The standard InChI is InChI=1S/C32H31F23/c1-2-3-4-5-14-6-8-15(9-7-14)16-10-12-17(13-11-16)18-20(33)22(35)19(23(36)21(18)34)24(37,38)25(39,40)26(41,42)27(43,44)28(45,46)29(47,48)30(49,50)31(51,52)32(53,54)55/h14-17H,2-13H2,1H3. The third-order valence-electron chi connectivity index (χ3n) is 10.7. The highest BCUT2D eigenvalue weighted by molar-refractivity contribution is 5.37. The van der Waals surface area contributed by atoms with Gasteiger partial charge >= 0.3 is 53.6 Å². The summed E-state index contributed by atoms with van der Waals surface area (Å²) in [5.41, 5.74) is -5.95. The minimum Gasteiger partial charge on any atom is -0.203 e. The van der Waals surface area contributed by atoms with Crippen molar-refractivity contribution >= 4 is 0 Å². The smallest absolute Gasteiger partial charge is 0.203 e. The molecule has 0 amide bonds. The monoisotopic (exact) mass is 852 g/mol. The number of hydrogen-bond donors (Lipinski definition) is 0. The molecule has 2 aliphatic carbocycles. The second kappa shape index (κ2) is 15.1. The van der Waals surface area contributed by atoms with Crippen LogP contribution in [0.2, 0.25) is 0 Å². The van der Waals surface area contributed by atoms with E-state index in [1.165, 1.54) is 0 Å². The fourth-order valence-corrected chi connectivity index (χ4v) is 7.31. The Hall–Kier alpha value is -2.39. The van der Waals surface area contributed by atoms with Crippen molar-refractivity contribution in [3.05, 3.63) is 34.4 Å². The number of benzene rings is 1. The zero-order valence-corrected chi connectivity index (χ0v) is 28.0. The molecule has 0 aliphatic heterocycles. The van der Waals surface area contributed by atoms with Gasteiger partial charge in [-0.3, -0.25) is 0 Å². The number of hydrogen-bond acceptors (Lipinski definition) is 0. The first-order valence-corrected chi connectivity index (χ1v) is 16.6. The van der Waals surface area contributed by atoms with Crippen LogP contribution in [0.3, 0.4) is 0 Å². The van der Waals surface area contributed by atoms with Crippen LogP contribution in [0.25, 0.3) is 0 Å². The molecule has 1 aromatic carbocycles. The van der Waals surface area contributed by atoms with Crippen molar-refractivity contribution in [3.8, 4) is 0 Å². The van der Waals surface area contributed by atoms with E-state index in [-0.39, 0.29) is 37.5 Å². The predicted octanol–water partition coefficient (Wildman–Crippen LogP) is 14.0. The normalized spacial score (nSPS) is 23.3. The molecule has 0 aromatic heterocycles. The molecule has 0 nitrogen and oxygen atoms in total. The van der Waals surface area contributed by atoms with Crippen LogP contribution < -0.4 is 0 Å². The van der Waals surface area contributed by atoms with Gasteiger partial charge in [-0.1, -0.05) is 45.4 Å². The molecule has 1 aromatic rings. The summed E-state index contributed by atoms with van der Waals surface area (Å²) < 4.78 is 321. The van der Waals surface area contributed by atoms with E-state index in [2.05, 4.69) is 0 Å².